The van der Waals surface area contributed by atoms with Gasteiger partial charge in [-0.2, -0.15) is 5.10 Å². The molecule has 0 unspecified atom stereocenters. The first-order chi connectivity index (χ1) is 16.7. The quantitative estimate of drug-likeness (QED) is 0.565. The van der Waals surface area contributed by atoms with Gasteiger partial charge in [-0.25, -0.2) is 4.79 Å². The molecule has 3 aliphatic heterocycles. The first-order valence-corrected chi connectivity index (χ1v) is 11.3. The fraction of sp³-hybridized carbons (Fsp3) is 0.292. The molecule has 0 saturated carbocycles. The molecular formula is C24H26N6O4. The molecule has 176 valence electrons. The molecule has 0 bridgehead atoms. The number of nitrogens with one attached hydrogen (secondary N) is 3. The zero-order valence-electron chi connectivity index (χ0n) is 18.8. The SMILES string of the molecule is CC1=CNN=C2C(=NCCCCNC(=O)Oc3ccccc3)Nc3cc4c(cc3N12)OCCO4. The molecule has 10 nitrogen and oxygen atoms in total. The van der Waals surface area contributed by atoms with Crippen LogP contribution < -0.4 is 35.2 Å². The number of amidine groups is 2. The predicted molar refractivity (Wildman–Crippen MR) is 130 cm³/mol. The largest absolute Gasteiger partial charge is 0.486 e. The topological polar surface area (TPSA) is 109 Å². The van der Waals surface area contributed by atoms with E-state index < -0.39 is 6.09 Å². The maximum atomic E-state index is 11.9. The normalized spacial score (nSPS) is 16.9. The van der Waals surface area contributed by atoms with Crippen LogP contribution in [-0.2, 0) is 0 Å². The number of carbonyl (C=O) groups is 1. The van der Waals surface area contributed by atoms with Crippen molar-refractivity contribution in [1.82, 2.24) is 10.7 Å². The van der Waals surface area contributed by atoms with E-state index in [4.69, 9.17) is 19.2 Å². The first kappa shape index (κ1) is 21.6. The molecule has 0 fully saturated rings. The number of rotatable bonds is 6. The third kappa shape index (κ3) is 4.61. The van der Waals surface area contributed by atoms with Gasteiger partial charge in [0, 0.05) is 37.1 Å². The van der Waals surface area contributed by atoms with Crippen LogP contribution in [0.1, 0.15) is 19.8 Å². The van der Waals surface area contributed by atoms with Crippen LogP contribution in [0.2, 0.25) is 0 Å². The summed E-state index contributed by atoms with van der Waals surface area (Å²) in [6.45, 7) is 4.15. The Morgan fingerprint density at radius 1 is 1.18 bits per heavy atom. The summed E-state index contributed by atoms with van der Waals surface area (Å²) in [6.07, 6.45) is 2.94. The number of ether oxygens (including phenoxy) is 3. The van der Waals surface area contributed by atoms with Crippen LogP contribution in [0.3, 0.4) is 0 Å². The molecule has 0 spiro atoms. The molecule has 1 amide bonds. The van der Waals surface area contributed by atoms with Crippen molar-refractivity contribution in [2.75, 3.05) is 36.5 Å². The number of allylic oxidation sites excluding steroid dienone is 1. The molecule has 0 aromatic heterocycles. The minimum atomic E-state index is -0.460. The molecule has 2 aromatic carbocycles. The average molecular weight is 463 g/mol. The van der Waals surface area contributed by atoms with E-state index in [1.165, 1.54) is 0 Å². The van der Waals surface area contributed by atoms with E-state index >= 15 is 0 Å². The number of carbonyl (C=O) groups excluding carboxylic acids is 1. The minimum absolute atomic E-state index is 0.460. The average Bonchev–Trinajstić information content (AvgIpc) is 2.85. The van der Waals surface area contributed by atoms with E-state index in [-0.39, 0.29) is 0 Å². The molecule has 0 atom stereocenters. The van der Waals surface area contributed by atoms with Gasteiger partial charge in [-0.05, 0) is 31.9 Å². The molecule has 5 rings (SSSR count). The Morgan fingerprint density at radius 2 is 1.97 bits per heavy atom. The lowest BCUT2D eigenvalue weighted by Gasteiger charge is -2.36. The number of hydrogen-bond acceptors (Lipinski definition) is 8. The highest BCUT2D eigenvalue weighted by atomic mass is 16.6. The van der Waals surface area contributed by atoms with Gasteiger partial charge in [0.2, 0.25) is 5.84 Å². The second-order valence-corrected chi connectivity index (χ2v) is 7.89. The Kier molecular flexibility index (Phi) is 6.19. The number of hydrazone groups is 1. The lowest BCUT2D eigenvalue weighted by molar-refractivity contribution is 0.172. The number of aliphatic imine (C=N–C) groups is 1. The van der Waals surface area contributed by atoms with E-state index in [0.29, 0.717) is 49.5 Å². The summed E-state index contributed by atoms with van der Waals surface area (Å²) in [6, 6.07) is 12.9. The van der Waals surface area contributed by atoms with Crippen LogP contribution in [0.15, 0.2) is 64.5 Å². The summed E-state index contributed by atoms with van der Waals surface area (Å²) < 4.78 is 16.7. The summed E-state index contributed by atoms with van der Waals surface area (Å²) in [5.74, 6) is 3.30. The molecule has 3 aliphatic rings. The van der Waals surface area contributed by atoms with Crippen molar-refractivity contribution < 1.29 is 19.0 Å². The van der Waals surface area contributed by atoms with Crippen molar-refractivity contribution in [3.63, 3.8) is 0 Å². The van der Waals surface area contributed by atoms with Gasteiger partial charge in [-0.1, -0.05) is 18.2 Å². The van der Waals surface area contributed by atoms with Crippen LogP contribution >= 0.6 is 0 Å². The molecule has 3 heterocycles. The van der Waals surface area contributed by atoms with Gasteiger partial charge >= 0.3 is 6.09 Å². The second kappa shape index (κ2) is 9.74. The van der Waals surface area contributed by atoms with Gasteiger partial charge < -0.3 is 24.8 Å². The smallest absolute Gasteiger partial charge is 0.412 e. The summed E-state index contributed by atoms with van der Waals surface area (Å²) in [5.41, 5.74) is 5.74. The van der Waals surface area contributed by atoms with Crippen molar-refractivity contribution in [1.29, 1.82) is 0 Å². The fourth-order valence-electron chi connectivity index (χ4n) is 3.84. The maximum absolute atomic E-state index is 11.9. The molecule has 34 heavy (non-hydrogen) atoms. The maximum Gasteiger partial charge on any atom is 0.412 e. The number of fused-ring (bicyclic) bond motifs is 4. The number of hydrogen-bond donors (Lipinski definition) is 3. The van der Waals surface area contributed by atoms with Gasteiger partial charge in [-0.3, -0.25) is 15.3 Å². The number of unbranched alkanes of at least 4 members (excludes halogenated alkanes) is 1. The Hall–Kier alpha value is -4.21. The molecule has 0 aliphatic carbocycles. The predicted octanol–water partition coefficient (Wildman–Crippen LogP) is 3.44. The van der Waals surface area contributed by atoms with E-state index in [1.54, 1.807) is 12.1 Å². The zero-order valence-corrected chi connectivity index (χ0v) is 18.8. The Bertz CT molecular complexity index is 1160. The van der Waals surface area contributed by atoms with E-state index in [9.17, 15) is 4.79 Å². The number of para-hydroxylation sites is 1. The lowest BCUT2D eigenvalue weighted by atomic mass is 10.1. The fourth-order valence-corrected chi connectivity index (χ4v) is 3.84. The summed E-state index contributed by atoms with van der Waals surface area (Å²) >= 11 is 0. The number of nitrogens with zero attached hydrogens (tertiary/aromatic N) is 3. The third-order valence-electron chi connectivity index (χ3n) is 5.45. The van der Waals surface area contributed by atoms with Crippen molar-refractivity contribution in [2.24, 2.45) is 10.1 Å². The highest BCUT2D eigenvalue weighted by molar-refractivity contribution is 6.52. The summed E-state index contributed by atoms with van der Waals surface area (Å²) in [4.78, 5) is 18.7. The third-order valence-corrected chi connectivity index (χ3v) is 5.45. The van der Waals surface area contributed by atoms with Gasteiger partial charge in [0.05, 0.1) is 11.4 Å². The van der Waals surface area contributed by atoms with Gasteiger partial charge in [-0.15, -0.1) is 0 Å². The van der Waals surface area contributed by atoms with Crippen molar-refractivity contribution >= 4 is 29.1 Å². The Balaban J connectivity index is 1.20. The van der Waals surface area contributed by atoms with E-state index in [2.05, 4.69) is 21.2 Å². The van der Waals surface area contributed by atoms with Crippen molar-refractivity contribution in [2.45, 2.75) is 19.8 Å². The Morgan fingerprint density at radius 3 is 2.79 bits per heavy atom. The molecule has 3 N–H and O–H groups in total. The van der Waals surface area contributed by atoms with Crippen LogP contribution in [-0.4, -0.2) is 44.1 Å². The van der Waals surface area contributed by atoms with E-state index in [1.807, 2.05) is 48.4 Å². The molecular weight excluding hydrogens is 436 g/mol. The monoisotopic (exact) mass is 462 g/mol. The van der Waals surface area contributed by atoms with Gasteiger partial charge in [0.25, 0.3) is 0 Å². The number of amides is 1. The van der Waals surface area contributed by atoms with E-state index in [0.717, 1.165) is 35.7 Å². The summed E-state index contributed by atoms with van der Waals surface area (Å²) in [5, 5.41) is 10.6. The lowest BCUT2D eigenvalue weighted by Crippen LogP contribution is -2.46. The molecule has 0 radical (unpaired) electrons. The Labute approximate surface area is 197 Å². The first-order valence-electron chi connectivity index (χ1n) is 11.3. The van der Waals surface area contributed by atoms with Crippen LogP contribution in [0.5, 0.6) is 17.2 Å². The standard InChI is InChI=1S/C24H26N6O4/c1-16-15-27-29-23-22(25-9-5-6-10-26-24(31)34-17-7-3-2-4-8-17)28-18-13-20-21(33-12-11-32-20)14-19(18)30(16)23/h2-4,7-8,13-15,27H,5-6,9-12H2,1H3,(H,25,28)(H,26,31). The van der Waals surface area contributed by atoms with Crippen LogP contribution in [0.25, 0.3) is 0 Å². The van der Waals surface area contributed by atoms with Crippen LogP contribution in [0.4, 0.5) is 16.2 Å². The number of benzene rings is 2. The van der Waals surface area contributed by atoms with Gasteiger partial charge in [0.15, 0.2) is 17.3 Å². The zero-order chi connectivity index (χ0) is 23.3. The molecule has 2 aromatic rings. The summed E-state index contributed by atoms with van der Waals surface area (Å²) in [7, 11) is 0. The van der Waals surface area contributed by atoms with Crippen molar-refractivity contribution in [3.8, 4) is 17.2 Å². The van der Waals surface area contributed by atoms with Crippen molar-refractivity contribution in [3.05, 3.63) is 54.4 Å². The highest BCUT2D eigenvalue weighted by Crippen LogP contribution is 2.43. The minimum Gasteiger partial charge on any atom is -0.486 e. The highest BCUT2D eigenvalue weighted by Gasteiger charge is 2.32. The second-order valence-electron chi connectivity index (χ2n) is 7.89. The van der Waals surface area contributed by atoms with Gasteiger partial charge in [0.1, 0.15) is 19.0 Å². The number of anilines is 2. The molecule has 10 heteroatoms. The molecule has 0 saturated heterocycles. The van der Waals surface area contributed by atoms with Crippen LogP contribution in [0, 0.1) is 0 Å².